The molecule has 0 aliphatic carbocycles. The smallest absolute Gasteiger partial charge is 0.224 e. The Hall–Kier alpha value is -2.53. The lowest BCUT2D eigenvalue weighted by molar-refractivity contribution is 1.09. The average Bonchev–Trinajstić information content (AvgIpc) is 2.94. The van der Waals surface area contributed by atoms with Crippen molar-refractivity contribution in [3.63, 3.8) is 0 Å². The number of pyridine rings is 1. The van der Waals surface area contributed by atoms with Crippen molar-refractivity contribution in [1.29, 1.82) is 0 Å². The summed E-state index contributed by atoms with van der Waals surface area (Å²) in [7, 11) is 0. The predicted octanol–water partition coefficient (Wildman–Crippen LogP) is 3.22. The Labute approximate surface area is 118 Å². The maximum Gasteiger partial charge on any atom is 0.224 e. The summed E-state index contributed by atoms with van der Waals surface area (Å²) in [4.78, 5) is 12.8. The van der Waals surface area contributed by atoms with Crippen LogP contribution in [-0.2, 0) is 0 Å². The van der Waals surface area contributed by atoms with Gasteiger partial charge >= 0.3 is 0 Å². The molecule has 0 amide bonds. The zero-order chi connectivity index (χ0) is 13.5. The molecule has 4 aromatic rings. The van der Waals surface area contributed by atoms with Crippen molar-refractivity contribution >= 4 is 33.5 Å². The zero-order valence-corrected chi connectivity index (χ0v) is 11.0. The first-order chi connectivity index (χ1) is 9.81. The largest absolute Gasteiger partial charge is 0.261 e. The molecule has 3 aromatic heterocycles. The van der Waals surface area contributed by atoms with E-state index in [4.69, 9.17) is 11.6 Å². The van der Waals surface area contributed by atoms with Crippen molar-refractivity contribution in [3.05, 3.63) is 48.0 Å². The van der Waals surface area contributed by atoms with Crippen LogP contribution in [0.5, 0.6) is 0 Å². The van der Waals surface area contributed by atoms with Crippen molar-refractivity contribution in [1.82, 2.24) is 25.1 Å². The fourth-order valence-electron chi connectivity index (χ4n) is 2.24. The van der Waals surface area contributed by atoms with Crippen LogP contribution in [0.4, 0.5) is 0 Å². The first kappa shape index (κ1) is 11.3. The number of nitrogens with one attached hydrogen (secondary N) is 1. The van der Waals surface area contributed by atoms with Gasteiger partial charge < -0.3 is 0 Å². The number of halogens is 1. The molecule has 1 N–H and O–H groups in total. The van der Waals surface area contributed by atoms with Crippen molar-refractivity contribution < 1.29 is 0 Å². The van der Waals surface area contributed by atoms with Gasteiger partial charge in [-0.15, -0.1) is 0 Å². The van der Waals surface area contributed by atoms with Crippen LogP contribution in [0.2, 0.25) is 5.28 Å². The molecule has 0 saturated heterocycles. The van der Waals surface area contributed by atoms with Crippen molar-refractivity contribution in [2.24, 2.45) is 0 Å². The van der Waals surface area contributed by atoms with E-state index in [-0.39, 0.29) is 5.28 Å². The van der Waals surface area contributed by atoms with Gasteiger partial charge in [0.25, 0.3) is 0 Å². The first-order valence-electron chi connectivity index (χ1n) is 6.03. The lowest BCUT2D eigenvalue weighted by Gasteiger charge is -2.04. The minimum atomic E-state index is 0.192. The van der Waals surface area contributed by atoms with E-state index in [0.29, 0.717) is 5.65 Å². The van der Waals surface area contributed by atoms with E-state index in [1.165, 1.54) is 0 Å². The van der Waals surface area contributed by atoms with Crippen LogP contribution in [-0.4, -0.2) is 25.1 Å². The zero-order valence-electron chi connectivity index (χ0n) is 10.2. The molecule has 0 saturated carbocycles. The quantitative estimate of drug-likeness (QED) is 0.544. The highest BCUT2D eigenvalue weighted by atomic mass is 35.5. The summed E-state index contributed by atoms with van der Waals surface area (Å²) in [5.74, 6) is 0. The fraction of sp³-hybridized carbons (Fsp3) is 0. The number of H-pyrrole nitrogens is 1. The third-order valence-corrected chi connectivity index (χ3v) is 3.33. The molecule has 0 unspecified atom stereocenters. The van der Waals surface area contributed by atoms with Gasteiger partial charge in [-0.3, -0.25) is 10.1 Å². The molecular formula is C14H8ClN5. The summed E-state index contributed by atoms with van der Waals surface area (Å²) in [5, 5.41) is 8.91. The number of fused-ring (bicyclic) bond motifs is 2. The van der Waals surface area contributed by atoms with Gasteiger partial charge in [0.2, 0.25) is 5.28 Å². The molecule has 6 heteroatoms. The second-order valence-electron chi connectivity index (χ2n) is 4.38. The van der Waals surface area contributed by atoms with Crippen LogP contribution >= 0.6 is 11.6 Å². The molecule has 96 valence electrons. The molecule has 0 fully saturated rings. The van der Waals surface area contributed by atoms with Crippen LogP contribution in [0.1, 0.15) is 0 Å². The van der Waals surface area contributed by atoms with E-state index in [1.807, 2.05) is 30.3 Å². The number of nitrogens with zero attached hydrogens (tertiary/aromatic N) is 4. The van der Waals surface area contributed by atoms with Gasteiger partial charge in [0.1, 0.15) is 0 Å². The van der Waals surface area contributed by atoms with Crippen molar-refractivity contribution in [2.45, 2.75) is 0 Å². The Bertz CT molecular complexity index is 931. The summed E-state index contributed by atoms with van der Waals surface area (Å²) in [5.41, 5.74) is 3.23. The number of hydrogen-bond donors (Lipinski definition) is 1. The predicted molar refractivity (Wildman–Crippen MR) is 77.4 cm³/mol. The van der Waals surface area contributed by atoms with E-state index in [1.54, 1.807) is 12.4 Å². The van der Waals surface area contributed by atoms with E-state index in [0.717, 1.165) is 27.5 Å². The number of hydrogen-bond acceptors (Lipinski definition) is 4. The van der Waals surface area contributed by atoms with Gasteiger partial charge in [0.15, 0.2) is 5.65 Å². The molecule has 0 aliphatic heterocycles. The van der Waals surface area contributed by atoms with Crippen molar-refractivity contribution in [3.8, 4) is 11.3 Å². The average molecular weight is 282 g/mol. The normalized spacial score (nSPS) is 11.2. The number of benzene rings is 1. The van der Waals surface area contributed by atoms with E-state index >= 15 is 0 Å². The topological polar surface area (TPSA) is 67.3 Å². The Morgan fingerprint density at radius 3 is 3.00 bits per heavy atom. The van der Waals surface area contributed by atoms with E-state index < -0.39 is 0 Å². The molecule has 3 heterocycles. The number of aromatic nitrogens is 5. The third kappa shape index (κ3) is 1.71. The number of rotatable bonds is 1. The van der Waals surface area contributed by atoms with Gasteiger partial charge in [0, 0.05) is 17.1 Å². The van der Waals surface area contributed by atoms with E-state index in [2.05, 4.69) is 25.1 Å². The van der Waals surface area contributed by atoms with Gasteiger partial charge in [0.05, 0.1) is 22.8 Å². The SMILES string of the molecule is Clc1nc(-c2ccc3cccnc3c2)c2cn[nH]c2n1. The summed E-state index contributed by atoms with van der Waals surface area (Å²) in [6.45, 7) is 0. The first-order valence-corrected chi connectivity index (χ1v) is 6.41. The van der Waals surface area contributed by atoms with Gasteiger partial charge in [-0.1, -0.05) is 18.2 Å². The fourth-order valence-corrected chi connectivity index (χ4v) is 2.41. The van der Waals surface area contributed by atoms with Crippen LogP contribution in [0.25, 0.3) is 33.2 Å². The Balaban J connectivity index is 2.02. The highest BCUT2D eigenvalue weighted by Crippen LogP contribution is 2.28. The Morgan fingerprint density at radius 1 is 1.10 bits per heavy atom. The molecular weight excluding hydrogens is 274 g/mol. The second kappa shape index (κ2) is 4.25. The van der Waals surface area contributed by atoms with Gasteiger partial charge in [-0.2, -0.15) is 10.1 Å². The summed E-state index contributed by atoms with van der Waals surface area (Å²) in [6.07, 6.45) is 3.47. The molecule has 5 nitrogen and oxygen atoms in total. The maximum atomic E-state index is 5.96. The molecule has 0 spiro atoms. The molecule has 0 bridgehead atoms. The van der Waals surface area contributed by atoms with E-state index in [9.17, 15) is 0 Å². The molecule has 4 rings (SSSR count). The lowest BCUT2D eigenvalue weighted by atomic mass is 10.1. The summed E-state index contributed by atoms with van der Waals surface area (Å²) in [6, 6.07) is 9.93. The highest BCUT2D eigenvalue weighted by Gasteiger charge is 2.11. The minimum Gasteiger partial charge on any atom is -0.261 e. The second-order valence-corrected chi connectivity index (χ2v) is 4.72. The maximum absolute atomic E-state index is 5.96. The lowest BCUT2D eigenvalue weighted by Crippen LogP contribution is -1.90. The molecule has 0 aliphatic rings. The van der Waals surface area contributed by atoms with Crippen LogP contribution in [0.15, 0.2) is 42.7 Å². The van der Waals surface area contributed by atoms with Crippen LogP contribution in [0, 0.1) is 0 Å². The van der Waals surface area contributed by atoms with Crippen LogP contribution < -0.4 is 0 Å². The molecule has 0 radical (unpaired) electrons. The van der Waals surface area contributed by atoms with Crippen LogP contribution in [0.3, 0.4) is 0 Å². The van der Waals surface area contributed by atoms with Crippen molar-refractivity contribution in [2.75, 3.05) is 0 Å². The van der Waals surface area contributed by atoms with Gasteiger partial charge in [-0.25, -0.2) is 4.98 Å². The Kier molecular flexibility index (Phi) is 2.40. The molecule has 20 heavy (non-hydrogen) atoms. The van der Waals surface area contributed by atoms with Gasteiger partial charge in [-0.05, 0) is 23.7 Å². The monoisotopic (exact) mass is 281 g/mol. The third-order valence-electron chi connectivity index (χ3n) is 3.16. The standard InChI is InChI=1S/C14H8ClN5/c15-14-18-12(10-7-17-20-13(10)19-14)9-4-3-8-2-1-5-16-11(8)6-9/h1-7H,(H,17,18,19,20). The molecule has 0 atom stereocenters. The summed E-state index contributed by atoms with van der Waals surface area (Å²) >= 11 is 5.96. The summed E-state index contributed by atoms with van der Waals surface area (Å²) < 4.78 is 0. The number of aromatic amines is 1. The minimum absolute atomic E-state index is 0.192. The highest BCUT2D eigenvalue weighted by molar-refractivity contribution is 6.28. The Morgan fingerprint density at radius 2 is 2.05 bits per heavy atom. The molecule has 1 aromatic carbocycles.